The van der Waals surface area contributed by atoms with Crippen molar-refractivity contribution < 1.29 is 142 Å². The monoisotopic (exact) mass is 1840 g/mol. The summed E-state index contributed by atoms with van der Waals surface area (Å²) in [6.45, 7) is -0.877. The SMILES string of the molecule is NCCCC[C@H](NC(=O)[C@H](CC(=O)O)NC(=O)[C@H](CC(=O)O)NC(=O)[C@H](CC(=O)O)NC(=O)[C@H](CC(=O)O)NC(=O)[C@H](CCCCN)NC(=O)[C@H](Cc1ccc(O)cc1)NC(=O)[C@H](CC(=O)O)NC(=O)[C@H](CO)NC(=O)[C@@H]1Cc2csc(c2)C2=N[C@@H](CS2)C(=O)N[C@@H](CCCCN)C(=O)N[C@@H](CCC(N)=O)C(=O)N[C@@H](CCCCN)C(=O)N2CCCC2C(=O)N1)C(=O)O. The first-order valence-electron chi connectivity index (χ1n) is 41.0. The minimum atomic E-state index is -2.41. The Morgan fingerprint density at radius 2 is 0.883 bits per heavy atom. The smallest absolute Gasteiger partial charge is 0.326 e. The number of thioether (sulfide) groups is 1. The second-order valence-corrected chi connectivity index (χ2v) is 32.2. The summed E-state index contributed by atoms with van der Waals surface area (Å²) < 4.78 is 0. The van der Waals surface area contributed by atoms with E-state index in [1.54, 1.807) is 11.4 Å². The fourth-order valence-electron chi connectivity index (χ4n) is 13.5. The summed E-state index contributed by atoms with van der Waals surface area (Å²) in [7, 11) is 0. The van der Waals surface area contributed by atoms with Gasteiger partial charge in [0, 0.05) is 31.6 Å². The largest absolute Gasteiger partial charge is 0.508 e. The molecule has 0 radical (unpaired) electrons. The molecule has 1 saturated heterocycles. The van der Waals surface area contributed by atoms with E-state index in [0.717, 1.165) is 23.5 Å². The van der Waals surface area contributed by atoms with Gasteiger partial charge < -0.3 is 144 Å². The first kappa shape index (κ1) is 106. The lowest BCUT2D eigenvalue weighted by atomic mass is 10.0. The van der Waals surface area contributed by atoms with Crippen LogP contribution in [0.15, 0.2) is 40.7 Å². The van der Waals surface area contributed by atoms with Gasteiger partial charge in [-0.15, -0.1) is 23.1 Å². The molecular weight excluding hydrogens is 1730 g/mol. The third kappa shape index (κ3) is 35.7. The average molecular weight is 1850 g/mol. The van der Waals surface area contributed by atoms with Crippen molar-refractivity contribution in [3.63, 3.8) is 0 Å². The Morgan fingerprint density at radius 3 is 1.34 bits per heavy atom. The number of carbonyl (C=O) groups is 21. The number of nitrogens with zero attached hydrogens (tertiary/aromatic N) is 2. The van der Waals surface area contributed by atoms with E-state index < -0.39 is 279 Å². The lowest BCUT2D eigenvalue weighted by molar-refractivity contribution is -0.145. The number of aliphatic carboxylic acids is 6. The molecule has 5 rings (SSSR count). The second-order valence-electron chi connectivity index (χ2n) is 30.3. The molecule has 128 heavy (non-hydrogen) atoms. The highest BCUT2D eigenvalue weighted by Gasteiger charge is 2.44. The lowest BCUT2D eigenvalue weighted by Crippen LogP contribution is -2.62. The van der Waals surface area contributed by atoms with E-state index in [1.165, 1.54) is 28.8 Å². The Kier molecular flexibility index (Phi) is 44.5. The van der Waals surface area contributed by atoms with Gasteiger partial charge in [0.05, 0.1) is 43.6 Å². The van der Waals surface area contributed by atoms with Gasteiger partial charge in [-0.3, -0.25) is 101 Å². The molecule has 4 heterocycles. The van der Waals surface area contributed by atoms with E-state index in [1.807, 2.05) is 21.3 Å². The number of carboxylic acid groups (broad SMARTS) is 6. The van der Waals surface area contributed by atoms with Crippen LogP contribution in [-0.4, -0.2) is 311 Å². The van der Waals surface area contributed by atoms with Crippen LogP contribution >= 0.6 is 23.1 Å². The molecule has 0 aliphatic carbocycles. The molecule has 0 spiro atoms. The number of fused-ring (bicyclic) bond motifs is 5. The number of rotatable bonds is 51. The Hall–Kier alpha value is -12.6. The van der Waals surface area contributed by atoms with Gasteiger partial charge in [0.25, 0.3) is 0 Å². The number of aliphatic hydroxyl groups excluding tert-OH is 1. The minimum absolute atomic E-state index is 0.00678. The topological polar surface area (TPSA) is 822 Å². The molecule has 1 aromatic heterocycles. The number of phenols is 1. The van der Waals surface area contributed by atoms with Crippen LogP contribution in [0.4, 0.5) is 0 Å². The molecule has 0 saturated carbocycles. The third-order valence-electron chi connectivity index (χ3n) is 20.2. The molecular formula is C77H112N20O29S2. The van der Waals surface area contributed by atoms with Gasteiger partial charge in [-0.25, -0.2) is 4.79 Å². The normalized spacial score (nSPS) is 19.3. The van der Waals surface area contributed by atoms with Crippen molar-refractivity contribution in [2.45, 2.75) is 238 Å². The molecule has 3 aliphatic rings. The van der Waals surface area contributed by atoms with E-state index in [9.17, 15) is 142 Å². The number of carbonyl (C=O) groups excluding carboxylic acids is 15. The summed E-state index contributed by atoms with van der Waals surface area (Å²) in [6, 6.07) is -21.0. The van der Waals surface area contributed by atoms with Gasteiger partial charge in [0.15, 0.2) is 0 Å². The fraction of sp³-hybridized carbons (Fsp3) is 0.584. The summed E-state index contributed by atoms with van der Waals surface area (Å²) >= 11 is 2.28. The highest BCUT2D eigenvalue weighted by molar-refractivity contribution is 8.15. The number of aromatic hydroxyl groups is 1. The number of amides is 15. The number of hydrogen-bond donors (Lipinski definition) is 26. The number of thiophene rings is 1. The predicted octanol–water partition coefficient (Wildman–Crippen LogP) is -8.36. The lowest BCUT2D eigenvalue weighted by Gasteiger charge is -2.31. The van der Waals surface area contributed by atoms with Crippen LogP contribution in [-0.2, 0) is 114 Å². The standard InChI is InChI=1S/C77H112N20O29S2/c78-21-5-1-10-40-62(111)85-42(19-20-56(82)100)64(113)86-43(12-3-7-23-80)76(124)97-25-9-14-54(97)74(123)94-46(27-38-28-55(127-35-38)75-96-53(36-128-75)73(122)84-40)66(115)95-52(34-98)72(121)93-51(33-61(109)110)68(117)88-45(26-37-15-17-39(99)18-16-37)65(114)83-41(11-2-6-22-79)63(112)89-48(30-58(103)104)69(118)91-50(32-60(107)108)71(120)92-49(31-59(105)106)70(119)90-47(29-57(101)102)67(116)87-44(77(125)126)13-4-8-24-81/h15-18,28,35,40-54,98-99H,1-14,19-27,29-34,36,78-81H2,(H2,82,100)(H,83,114)(H,84,122)(H,85,111)(H,86,113)(H,87,116)(H,88,117)(H,89,112)(H,90,119)(H,91,118)(H,92,120)(H,93,121)(H,94,123)(H,95,115)(H,101,102)(H,103,104)(H,105,106)(H,107,108)(H,109,110)(H,125,126)/t40-,41-,42-,43-,44-,45-,46-,47-,48-,49-,50-,51-,52-,53-,54?/m0/s1. The molecule has 1 aromatic carbocycles. The number of hydrogen-bond acceptors (Lipinski definition) is 30. The molecule has 49 nitrogen and oxygen atoms in total. The zero-order valence-corrected chi connectivity index (χ0v) is 71.2. The summed E-state index contributed by atoms with van der Waals surface area (Å²) in [6.07, 6.45) is -7.09. The van der Waals surface area contributed by atoms with Gasteiger partial charge in [-0.05, 0) is 157 Å². The van der Waals surface area contributed by atoms with E-state index in [2.05, 4.69) is 52.8 Å². The number of aliphatic hydroxyl groups is 1. The molecule has 2 aromatic rings. The van der Waals surface area contributed by atoms with Crippen molar-refractivity contribution in [3.8, 4) is 5.75 Å². The Bertz CT molecular complexity index is 4350. The molecule has 706 valence electrons. The molecule has 31 N–H and O–H groups in total. The number of benzene rings is 1. The molecule has 15 amide bonds. The Balaban J connectivity index is 1.45. The number of nitrogens with two attached hydrogens (primary N) is 5. The second kappa shape index (κ2) is 53.8. The minimum Gasteiger partial charge on any atom is -0.508 e. The first-order valence-corrected chi connectivity index (χ1v) is 42.9. The number of aliphatic imine (C=N–C) groups is 1. The van der Waals surface area contributed by atoms with E-state index in [0.29, 0.717) is 41.2 Å². The Morgan fingerprint density at radius 1 is 0.477 bits per heavy atom. The van der Waals surface area contributed by atoms with E-state index in [4.69, 9.17) is 28.7 Å². The van der Waals surface area contributed by atoms with Gasteiger partial charge >= 0.3 is 35.8 Å². The van der Waals surface area contributed by atoms with Crippen LogP contribution < -0.4 is 97.8 Å². The van der Waals surface area contributed by atoms with Crippen molar-refractivity contribution in [1.82, 2.24) is 74.0 Å². The molecule has 51 heteroatoms. The van der Waals surface area contributed by atoms with Crippen LogP contribution in [0, 0.1) is 0 Å². The first-order chi connectivity index (χ1) is 60.7. The summed E-state index contributed by atoms with van der Waals surface area (Å²) in [5.41, 5.74) is 28.8. The molecule has 3 aliphatic heterocycles. The number of nitrogens with one attached hydrogen (secondary N) is 13. The average Bonchev–Trinajstić information content (AvgIpc) is 1.66. The molecule has 4 bridgehead atoms. The number of primary amides is 1. The van der Waals surface area contributed by atoms with Gasteiger partial charge in [-0.1, -0.05) is 12.1 Å². The van der Waals surface area contributed by atoms with Crippen LogP contribution in [0.1, 0.15) is 151 Å². The van der Waals surface area contributed by atoms with Crippen LogP contribution in [0.2, 0.25) is 0 Å². The highest BCUT2D eigenvalue weighted by Crippen LogP contribution is 2.30. The molecule has 1 unspecified atom stereocenters. The summed E-state index contributed by atoms with van der Waals surface area (Å²) in [5.74, 6) is -29.1. The van der Waals surface area contributed by atoms with Crippen LogP contribution in [0.5, 0.6) is 5.75 Å². The zero-order chi connectivity index (χ0) is 95.0. The maximum atomic E-state index is 14.9. The quantitative estimate of drug-likeness (QED) is 0.0274. The maximum absolute atomic E-state index is 14.9. The van der Waals surface area contributed by atoms with E-state index >= 15 is 0 Å². The summed E-state index contributed by atoms with van der Waals surface area (Å²) in [5, 5.41) is 112. The van der Waals surface area contributed by atoms with Crippen molar-refractivity contribution >= 4 is 153 Å². The van der Waals surface area contributed by atoms with Gasteiger partial charge in [0.1, 0.15) is 101 Å². The van der Waals surface area contributed by atoms with Gasteiger partial charge in [0.2, 0.25) is 88.6 Å². The fourth-order valence-corrected chi connectivity index (χ4v) is 15.6. The highest BCUT2D eigenvalue weighted by atomic mass is 32.2. The van der Waals surface area contributed by atoms with Crippen molar-refractivity contribution in [2.24, 2.45) is 33.7 Å². The predicted molar refractivity (Wildman–Crippen MR) is 448 cm³/mol. The maximum Gasteiger partial charge on any atom is 0.326 e. The van der Waals surface area contributed by atoms with Crippen LogP contribution in [0.25, 0.3) is 0 Å². The zero-order valence-electron chi connectivity index (χ0n) is 69.6. The number of carboxylic acids is 6. The van der Waals surface area contributed by atoms with Crippen molar-refractivity contribution in [2.75, 3.05) is 45.1 Å². The van der Waals surface area contributed by atoms with Crippen molar-refractivity contribution in [3.05, 3.63) is 51.7 Å². The van der Waals surface area contributed by atoms with Gasteiger partial charge in [-0.2, -0.15) is 0 Å². The molecule has 1 fully saturated rings. The van der Waals surface area contributed by atoms with Crippen LogP contribution in [0.3, 0.4) is 0 Å². The van der Waals surface area contributed by atoms with E-state index in [-0.39, 0.29) is 114 Å². The number of phenolic OH excluding ortho intramolecular Hbond substituents is 1. The third-order valence-corrected chi connectivity index (χ3v) is 22.4. The van der Waals surface area contributed by atoms with Crippen molar-refractivity contribution in [1.29, 1.82) is 0 Å². The Labute approximate surface area is 739 Å². The number of unbranched alkanes of at least 4 members (excludes halogenated alkanes) is 4. The molecule has 15 atom stereocenters. The summed E-state index contributed by atoms with van der Waals surface area (Å²) in [4.78, 5) is 292.